The topological polar surface area (TPSA) is 34.4 Å². The molecule has 0 amide bonds. The molecule has 0 aliphatic carbocycles. The second kappa shape index (κ2) is 4.01. The van der Waals surface area contributed by atoms with Gasteiger partial charge in [-0.15, -0.1) is 11.8 Å². The van der Waals surface area contributed by atoms with Gasteiger partial charge >= 0.3 is 0 Å². The number of nitrogens with zero attached hydrogens (tertiary/aromatic N) is 2. The summed E-state index contributed by atoms with van der Waals surface area (Å²) in [5, 5.41) is 0.779. The molecule has 6 heteroatoms. The Balaban J connectivity index is 2.59. The van der Waals surface area contributed by atoms with Crippen molar-refractivity contribution in [2.45, 2.75) is 5.03 Å². The van der Waals surface area contributed by atoms with Gasteiger partial charge in [0.2, 0.25) is 0 Å². The van der Waals surface area contributed by atoms with Crippen molar-refractivity contribution >= 4 is 49.9 Å². The maximum absolute atomic E-state index is 12.2. The summed E-state index contributed by atoms with van der Waals surface area (Å²) in [6.45, 7) is 0. The molecule has 0 unspecified atom stereocenters. The number of fused-ring (bicyclic) bond motifs is 3. The fourth-order valence-electron chi connectivity index (χ4n) is 1.71. The van der Waals surface area contributed by atoms with E-state index in [1.54, 1.807) is 4.40 Å². The first-order valence-electron chi connectivity index (χ1n) is 4.86. The molecule has 0 saturated heterocycles. The first-order valence-corrected chi connectivity index (χ1v) is 7.28. The van der Waals surface area contributed by atoms with Crippen LogP contribution in [0.1, 0.15) is 0 Å². The lowest BCUT2D eigenvalue weighted by Crippen LogP contribution is -2.14. The number of hydrogen-bond donors (Lipinski definition) is 0. The summed E-state index contributed by atoms with van der Waals surface area (Å²) in [6.07, 6.45) is 1.86. The first kappa shape index (κ1) is 11.1. The van der Waals surface area contributed by atoms with Gasteiger partial charge in [0, 0.05) is 0 Å². The molecule has 2 heterocycles. The number of hydrogen-bond acceptors (Lipinski definition) is 4. The lowest BCUT2D eigenvalue weighted by atomic mass is 10.3. The minimum atomic E-state index is -0.196. The number of halogens is 1. The molecule has 0 spiro atoms. The van der Waals surface area contributed by atoms with E-state index in [0.717, 1.165) is 10.2 Å². The van der Waals surface area contributed by atoms with Gasteiger partial charge in [-0.2, -0.15) is 0 Å². The van der Waals surface area contributed by atoms with Crippen LogP contribution in [0.3, 0.4) is 0 Å². The van der Waals surface area contributed by atoms with Crippen LogP contribution in [0.5, 0.6) is 0 Å². The highest BCUT2D eigenvalue weighted by Crippen LogP contribution is 2.27. The number of benzene rings is 1. The summed E-state index contributed by atoms with van der Waals surface area (Å²) in [6, 6.07) is 7.72. The van der Waals surface area contributed by atoms with Gasteiger partial charge < -0.3 is 0 Å². The highest BCUT2D eigenvalue weighted by atomic mass is 35.5. The van der Waals surface area contributed by atoms with Gasteiger partial charge in [-0.25, -0.2) is 9.38 Å². The molecule has 0 atom stereocenters. The van der Waals surface area contributed by atoms with Gasteiger partial charge in [0.1, 0.15) is 10.0 Å². The van der Waals surface area contributed by atoms with Crippen molar-refractivity contribution < 1.29 is 0 Å². The van der Waals surface area contributed by atoms with E-state index >= 15 is 0 Å². The Labute approximate surface area is 110 Å². The third kappa shape index (κ3) is 1.57. The molecular weight excluding hydrogens is 276 g/mol. The standard InChI is InChI=1S/C11H7ClN2OS2/c1-16-9-8(12)10(15)14-6-4-2-3-5-7(6)17-11(14)13-9/h2-5H,1H3. The monoisotopic (exact) mass is 282 g/mol. The Morgan fingerprint density at radius 3 is 2.94 bits per heavy atom. The molecule has 3 rings (SSSR count). The van der Waals surface area contributed by atoms with Crippen molar-refractivity contribution in [2.24, 2.45) is 0 Å². The fraction of sp³-hybridized carbons (Fsp3) is 0.0909. The molecule has 0 bridgehead atoms. The zero-order chi connectivity index (χ0) is 12.0. The van der Waals surface area contributed by atoms with Crippen molar-refractivity contribution in [3.63, 3.8) is 0 Å². The molecule has 86 valence electrons. The van der Waals surface area contributed by atoms with Crippen LogP contribution in [0.25, 0.3) is 15.2 Å². The molecule has 3 aromatic rings. The van der Waals surface area contributed by atoms with E-state index in [0.29, 0.717) is 9.99 Å². The predicted molar refractivity (Wildman–Crippen MR) is 73.6 cm³/mol. The molecule has 0 aliphatic heterocycles. The smallest absolute Gasteiger partial charge is 0.267 e. The molecule has 2 aromatic heterocycles. The summed E-state index contributed by atoms with van der Waals surface area (Å²) < 4.78 is 2.61. The summed E-state index contributed by atoms with van der Waals surface area (Å²) >= 11 is 8.90. The summed E-state index contributed by atoms with van der Waals surface area (Å²) in [7, 11) is 0. The summed E-state index contributed by atoms with van der Waals surface area (Å²) in [4.78, 5) is 17.3. The van der Waals surface area contributed by atoms with Crippen molar-refractivity contribution in [3.05, 3.63) is 39.6 Å². The average molecular weight is 283 g/mol. The van der Waals surface area contributed by atoms with Gasteiger partial charge in [-0.1, -0.05) is 35.1 Å². The predicted octanol–water partition coefficient (Wildman–Crippen LogP) is 3.28. The van der Waals surface area contributed by atoms with Crippen LogP contribution >= 0.6 is 34.7 Å². The van der Waals surface area contributed by atoms with Gasteiger partial charge in [0.25, 0.3) is 5.56 Å². The third-order valence-corrected chi connectivity index (χ3v) is 4.62. The molecule has 0 N–H and O–H groups in total. The van der Waals surface area contributed by atoms with Crippen LogP contribution in [0.2, 0.25) is 5.02 Å². The molecule has 0 fully saturated rings. The normalized spacial score (nSPS) is 11.4. The largest absolute Gasteiger partial charge is 0.278 e. The SMILES string of the molecule is CSc1nc2sc3ccccc3n2c(=O)c1Cl. The zero-order valence-electron chi connectivity index (χ0n) is 8.81. The highest BCUT2D eigenvalue weighted by molar-refractivity contribution is 7.98. The van der Waals surface area contributed by atoms with Crippen LogP contribution in [0, 0.1) is 0 Å². The Morgan fingerprint density at radius 1 is 1.41 bits per heavy atom. The maximum Gasteiger partial charge on any atom is 0.278 e. The summed E-state index contributed by atoms with van der Waals surface area (Å²) in [5.41, 5.74) is 0.665. The van der Waals surface area contributed by atoms with Crippen molar-refractivity contribution in [1.82, 2.24) is 9.38 Å². The number of aromatic nitrogens is 2. The van der Waals surface area contributed by atoms with Crippen LogP contribution in [-0.4, -0.2) is 15.6 Å². The first-order chi connectivity index (χ1) is 8.22. The van der Waals surface area contributed by atoms with Gasteiger partial charge in [0.05, 0.1) is 10.2 Å². The van der Waals surface area contributed by atoms with Gasteiger partial charge in [0.15, 0.2) is 4.96 Å². The second-order valence-electron chi connectivity index (χ2n) is 3.43. The number of thioether (sulfide) groups is 1. The fourth-order valence-corrected chi connectivity index (χ4v) is 3.58. The lowest BCUT2D eigenvalue weighted by molar-refractivity contribution is 1.04. The van der Waals surface area contributed by atoms with Crippen LogP contribution in [-0.2, 0) is 0 Å². The number of para-hydroxylation sites is 1. The molecule has 0 radical (unpaired) electrons. The van der Waals surface area contributed by atoms with Crippen LogP contribution in [0.4, 0.5) is 0 Å². The molecule has 3 nitrogen and oxygen atoms in total. The minimum absolute atomic E-state index is 0.193. The van der Waals surface area contributed by atoms with Gasteiger partial charge in [-0.05, 0) is 18.4 Å². The summed E-state index contributed by atoms with van der Waals surface area (Å²) in [5.74, 6) is 0. The Morgan fingerprint density at radius 2 is 2.18 bits per heavy atom. The quantitative estimate of drug-likeness (QED) is 0.507. The Kier molecular flexibility index (Phi) is 2.61. The van der Waals surface area contributed by atoms with E-state index in [2.05, 4.69) is 4.98 Å². The zero-order valence-corrected chi connectivity index (χ0v) is 11.2. The molecule has 1 aromatic carbocycles. The van der Waals surface area contributed by atoms with Crippen molar-refractivity contribution in [3.8, 4) is 0 Å². The van der Waals surface area contributed by atoms with Crippen molar-refractivity contribution in [1.29, 1.82) is 0 Å². The van der Waals surface area contributed by atoms with E-state index < -0.39 is 0 Å². The number of rotatable bonds is 1. The third-order valence-electron chi connectivity index (χ3n) is 2.47. The Hall–Kier alpha value is -1.04. The van der Waals surface area contributed by atoms with Crippen molar-refractivity contribution in [2.75, 3.05) is 6.26 Å². The molecule has 0 saturated carbocycles. The van der Waals surface area contributed by atoms with E-state index in [-0.39, 0.29) is 10.6 Å². The average Bonchev–Trinajstić information content (AvgIpc) is 2.72. The van der Waals surface area contributed by atoms with Gasteiger partial charge in [-0.3, -0.25) is 4.79 Å². The maximum atomic E-state index is 12.2. The van der Waals surface area contributed by atoms with Crippen LogP contribution < -0.4 is 5.56 Å². The molecule has 17 heavy (non-hydrogen) atoms. The lowest BCUT2D eigenvalue weighted by Gasteiger charge is -2.00. The Bertz CT molecular complexity index is 778. The van der Waals surface area contributed by atoms with Crippen LogP contribution in [0.15, 0.2) is 34.1 Å². The van der Waals surface area contributed by atoms with E-state index in [9.17, 15) is 4.79 Å². The van der Waals surface area contributed by atoms with E-state index in [1.165, 1.54) is 23.1 Å². The number of thiazole rings is 1. The van der Waals surface area contributed by atoms with E-state index in [1.807, 2.05) is 30.5 Å². The second-order valence-corrected chi connectivity index (χ2v) is 5.61. The highest BCUT2D eigenvalue weighted by Gasteiger charge is 2.13. The molecular formula is C11H7ClN2OS2. The minimum Gasteiger partial charge on any atom is -0.267 e. The van der Waals surface area contributed by atoms with E-state index in [4.69, 9.17) is 11.6 Å². The molecule has 0 aliphatic rings.